The number of alkyl halides is 1. The number of hydrogen-bond donors (Lipinski definition) is 0. The van der Waals surface area contributed by atoms with Gasteiger partial charge in [-0.2, -0.15) is 0 Å². The summed E-state index contributed by atoms with van der Waals surface area (Å²) >= 11 is 6.22. The molecule has 0 spiro atoms. The van der Waals surface area contributed by atoms with Crippen molar-refractivity contribution < 1.29 is 19.1 Å². The summed E-state index contributed by atoms with van der Waals surface area (Å²) in [6.45, 7) is 1.76. The van der Waals surface area contributed by atoms with Gasteiger partial charge in [0.1, 0.15) is 11.5 Å². The minimum absolute atomic E-state index is 0.171. The number of aryl methyl sites for hydroxylation is 1. The average Bonchev–Trinajstić information content (AvgIpc) is 3.04. The van der Waals surface area contributed by atoms with Crippen LogP contribution in [0.15, 0.2) is 72.6 Å². The van der Waals surface area contributed by atoms with E-state index in [4.69, 9.17) is 21.1 Å². The molecule has 3 aromatic rings. The lowest BCUT2D eigenvalue weighted by atomic mass is 10.0. The molecule has 0 aliphatic carbocycles. The number of carbonyl (C=O) groups excluding carboxylic acids is 2. The maximum atomic E-state index is 12.7. The van der Waals surface area contributed by atoms with Gasteiger partial charge in [0, 0.05) is 18.3 Å². The van der Waals surface area contributed by atoms with Gasteiger partial charge in [0.15, 0.2) is 11.1 Å². The molecule has 0 amide bonds. The van der Waals surface area contributed by atoms with E-state index in [0.717, 1.165) is 0 Å². The molecule has 1 aliphatic heterocycles. The molecular weight excluding hydrogens is 390 g/mol. The van der Waals surface area contributed by atoms with E-state index in [-0.39, 0.29) is 17.3 Å². The van der Waals surface area contributed by atoms with Gasteiger partial charge in [-0.3, -0.25) is 9.78 Å². The highest BCUT2D eigenvalue weighted by atomic mass is 35.5. The predicted molar refractivity (Wildman–Crippen MR) is 109 cm³/mol. The second-order valence-electron chi connectivity index (χ2n) is 6.50. The maximum absolute atomic E-state index is 12.7. The van der Waals surface area contributed by atoms with Crippen LogP contribution in [-0.4, -0.2) is 16.7 Å². The van der Waals surface area contributed by atoms with Gasteiger partial charge in [0.25, 0.3) is 0 Å². The molecule has 1 aromatic heterocycles. The van der Waals surface area contributed by atoms with Gasteiger partial charge in [-0.05, 0) is 36.2 Å². The van der Waals surface area contributed by atoms with Gasteiger partial charge in [-0.15, -0.1) is 11.6 Å². The molecule has 144 valence electrons. The van der Waals surface area contributed by atoms with E-state index >= 15 is 0 Å². The summed E-state index contributed by atoms with van der Waals surface area (Å²) in [5.74, 6) is -0.0679. The third kappa shape index (κ3) is 3.91. The van der Waals surface area contributed by atoms with Gasteiger partial charge in [-0.25, -0.2) is 4.79 Å². The number of nitrogens with zero attached hydrogens (tertiary/aromatic N) is 1. The monoisotopic (exact) mass is 405 g/mol. The summed E-state index contributed by atoms with van der Waals surface area (Å²) in [5, 5.41) is -0.938. The molecule has 4 rings (SSSR count). The zero-order valence-corrected chi connectivity index (χ0v) is 16.2. The SMILES string of the molecule is Cc1cc(OC(=O)C(Cl)c2ccccc2)cc2c1C(=O)/C(=C/c1ccccn1)O2. The molecule has 1 aliphatic rings. The summed E-state index contributed by atoms with van der Waals surface area (Å²) in [6, 6.07) is 17.5. The summed E-state index contributed by atoms with van der Waals surface area (Å²) in [6.07, 6.45) is 3.22. The van der Waals surface area contributed by atoms with Crippen molar-refractivity contribution in [1.29, 1.82) is 0 Å². The van der Waals surface area contributed by atoms with Crippen molar-refractivity contribution in [2.75, 3.05) is 0 Å². The van der Waals surface area contributed by atoms with E-state index in [9.17, 15) is 9.59 Å². The van der Waals surface area contributed by atoms with Crippen molar-refractivity contribution in [3.8, 4) is 11.5 Å². The highest BCUT2D eigenvalue weighted by molar-refractivity contribution is 6.30. The Hall–Kier alpha value is -3.44. The number of Topliss-reactive ketones (excluding diaryl/α,β-unsaturated/α-hetero) is 1. The highest BCUT2D eigenvalue weighted by Gasteiger charge is 2.31. The summed E-state index contributed by atoms with van der Waals surface area (Å²) in [7, 11) is 0. The van der Waals surface area contributed by atoms with Crippen LogP contribution in [0.25, 0.3) is 6.08 Å². The van der Waals surface area contributed by atoms with Crippen LogP contribution in [0.2, 0.25) is 0 Å². The van der Waals surface area contributed by atoms with Crippen molar-refractivity contribution >= 4 is 29.4 Å². The largest absolute Gasteiger partial charge is 0.452 e. The molecule has 1 unspecified atom stereocenters. The topological polar surface area (TPSA) is 65.5 Å². The third-order valence-corrected chi connectivity index (χ3v) is 4.86. The molecule has 6 heteroatoms. The van der Waals surface area contributed by atoms with E-state index in [1.807, 2.05) is 12.1 Å². The summed E-state index contributed by atoms with van der Waals surface area (Å²) in [5.41, 5.74) is 2.34. The van der Waals surface area contributed by atoms with E-state index in [1.165, 1.54) is 6.07 Å². The minimum atomic E-state index is -0.938. The number of allylic oxidation sites excluding steroid dienone is 1. The first-order chi connectivity index (χ1) is 14.0. The zero-order chi connectivity index (χ0) is 20.4. The normalized spacial score (nSPS) is 15.0. The first-order valence-electron chi connectivity index (χ1n) is 8.93. The van der Waals surface area contributed by atoms with Crippen LogP contribution in [-0.2, 0) is 4.79 Å². The fourth-order valence-corrected chi connectivity index (χ4v) is 3.25. The van der Waals surface area contributed by atoms with Crippen molar-refractivity contribution in [2.24, 2.45) is 0 Å². The Morgan fingerprint density at radius 3 is 2.62 bits per heavy atom. The molecule has 0 radical (unpaired) electrons. The van der Waals surface area contributed by atoms with Gasteiger partial charge >= 0.3 is 5.97 Å². The van der Waals surface area contributed by atoms with E-state index in [1.54, 1.807) is 61.7 Å². The van der Waals surface area contributed by atoms with E-state index in [0.29, 0.717) is 28.1 Å². The molecular formula is C23H16ClNO4. The van der Waals surface area contributed by atoms with Crippen molar-refractivity contribution in [3.63, 3.8) is 0 Å². The fraction of sp³-hybridized carbons (Fsp3) is 0.0870. The Morgan fingerprint density at radius 2 is 1.90 bits per heavy atom. The van der Waals surface area contributed by atoms with Crippen molar-refractivity contribution in [1.82, 2.24) is 4.98 Å². The lowest BCUT2D eigenvalue weighted by Crippen LogP contribution is -2.14. The van der Waals surface area contributed by atoms with Gasteiger partial charge in [-0.1, -0.05) is 36.4 Å². The van der Waals surface area contributed by atoms with Crippen LogP contribution in [0.3, 0.4) is 0 Å². The maximum Gasteiger partial charge on any atom is 0.334 e. The number of ether oxygens (including phenoxy) is 2. The Morgan fingerprint density at radius 1 is 1.14 bits per heavy atom. The zero-order valence-electron chi connectivity index (χ0n) is 15.5. The number of esters is 1. The van der Waals surface area contributed by atoms with E-state index < -0.39 is 11.3 Å². The molecule has 2 heterocycles. The Balaban J connectivity index is 1.57. The van der Waals surface area contributed by atoms with Gasteiger partial charge < -0.3 is 9.47 Å². The molecule has 0 saturated carbocycles. The number of fused-ring (bicyclic) bond motifs is 1. The number of hydrogen-bond acceptors (Lipinski definition) is 5. The number of ketones is 1. The van der Waals surface area contributed by atoms with Crippen LogP contribution in [0, 0.1) is 6.92 Å². The second kappa shape index (κ2) is 7.89. The average molecular weight is 406 g/mol. The Kier molecular flexibility index (Phi) is 5.14. The Bertz CT molecular complexity index is 1110. The number of benzene rings is 2. The number of carbonyl (C=O) groups is 2. The highest BCUT2D eigenvalue weighted by Crippen LogP contribution is 2.38. The number of halogens is 1. The second-order valence-corrected chi connectivity index (χ2v) is 6.94. The molecule has 2 aromatic carbocycles. The molecule has 0 saturated heterocycles. The Labute approximate surface area is 172 Å². The van der Waals surface area contributed by atoms with Crippen LogP contribution < -0.4 is 9.47 Å². The van der Waals surface area contributed by atoms with Crippen LogP contribution in [0.1, 0.15) is 32.6 Å². The van der Waals surface area contributed by atoms with Crippen molar-refractivity contribution in [3.05, 3.63) is 95.0 Å². The predicted octanol–water partition coefficient (Wildman–Crippen LogP) is 4.89. The third-order valence-electron chi connectivity index (χ3n) is 4.43. The lowest BCUT2D eigenvalue weighted by Gasteiger charge is -2.11. The quantitative estimate of drug-likeness (QED) is 0.267. The number of aromatic nitrogens is 1. The molecule has 29 heavy (non-hydrogen) atoms. The first kappa shape index (κ1) is 18.9. The standard InChI is InChI=1S/C23H16ClNO4/c1-14-11-17(28-23(27)21(24)15-7-3-2-4-8-15)13-18-20(14)22(26)19(29-18)12-16-9-5-6-10-25-16/h2-13,21H,1H3/b19-12-. The van der Waals surface area contributed by atoms with Gasteiger partial charge in [0.2, 0.25) is 5.78 Å². The molecule has 5 nitrogen and oxygen atoms in total. The molecule has 0 fully saturated rings. The molecule has 0 bridgehead atoms. The van der Waals surface area contributed by atoms with Crippen LogP contribution in [0.5, 0.6) is 11.5 Å². The molecule has 1 atom stereocenters. The molecule has 0 N–H and O–H groups in total. The van der Waals surface area contributed by atoms with Crippen LogP contribution in [0.4, 0.5) is 0 Å². The summed E-state index contributed by atoms with van der Waals surface area (Å²) < 4.78 is 11.2. The van der Waals surface area contributed by atoms with Crippen molar-refractivity contribution in [2.45, 2.75) is 12.3 Å². The summed E-state index contributed by atoms with van der Waals surface area (Å²) in [4.78, 5) is 29.3. The minimum Gasteiger partial charge on any atom is -0.452 e. The lowest BCUT2D eigenvalue weighted by molar-refractivity contribution is -0.134. The smallest absolute Gasteiger partial charge is 0.334 e. The fourth-order valence-electron chi connectivity index (χ4n) is 3.06. The van der Waals surface area contributed by atoms with Gasteiger partial charge in [0.05, 0.1) is 11.3 Å². The van der Waals surface area contributed by atoms with Crippen LogP contribution >= 0.6 is 11.6 Å². The number of rotatable bonds is 4. The number of pyridine rings is 1. The van der Waals surface area contributed by atoms with E-state index in [2.05, 4.69) is 4.98 Å². The first-order valence-corrected chi connectivity index (χ1v) is 9.37.